The molecule has 98 valence electrons. The van der Waals surface area contributed by atoms with E-state index in [1.807, 2.05) is 0 Å². The number of carbonyl (C=O) groups is 1. The smallest absolute Gasteiger partial charge is 0.313 e. The predicted molar refractivity (Wildman–Crippen MR) is 60.3 cm³/mol. The van der Waals surface area contributed by atoms with E-state index in [4.69, 9.17) is 9.84 Å². The summed E-state index contributed by atoms with van der Waals surface area (Å²) in [6, 6.07) is 1.84. The Hall–Kier alpha value is -2.38. The normalized spacial score (nSPS) is 9.89. The van der Waals surface area contributed by atoms with E-state index in [9.17, 15) is 19.3 Å². The number of benzene rings is 1. The Morgan fingerprint density at radius 3 is 2.78 bits per heavy atom. The highest BCUT2D eigenvalue weighted by molar-refractivity contribution is 5.67. The summed E-state index contributed by atoms with van der Waals surface area (Å²) in [6.07, 6.45) is -0.196. The number of nitrogens with zero attached hydrogens (tertiary/aromatic N) is 1. The first kappa shape index (κ1) is 13.7. The summed E-state index contributed by atoms with van der Waals surface area (Å²) in [5, 5.41) is 21.6. The summed E-state index contributed by atoms with van der Waals surface area (Å²) in [6.45, 7) is 0.00716. The van der Waals surface area contributed by atoms with Gasteiger partial charge in [-0.3, -0.25) is 14.9 Å². The average Bonchev–Trinajstić information content (AvgIpc) is 2.30. The summed E-state index contributed by atoms with van der Waals surface area (Å²) in [5.74, 6) is -1.97. The van der Waals surface area contributed by atoms with Crippen molar-refractivity contribution >= 4 is 17.3 Å². The van der Waals surface area contributed by atoms with Gasteiger partial charge in [0.25, 0.3) is 0 Å². The van der Waals surface area contributed by atoms with Gasteiger partial charge in [-0.05, 0) is 0 Å². The van der Waals surface area contributed by atoms with E-state index < -0.39 is 22.4 Å². The van der Waals surface area contributed by atoms with Crippen molar-refractivity contribution in [2.24, 2.45) is 0 Å². The van der Waals surface area contributed by atoms with Crippen LogP contribution in [0.4, 0.5) is 15.8 Å². The van der Waals surface area contributed by atoms with Crippen LogP contribution in [0, 0.1) is 15.9 Å². The van der Waals surface area contributed by atoms with E-state index >= 15 is 0 Å². The topological polar surface area (TPSA) is 102 Å². The number of rotatable bonds is 6. The largest absolute Gasteiger partial charge is 0.490 e. The third-order valence-electron chi connectivity index (χ3n) is 2.12. The number of nitrogens with one attached hydrogen (secondary N) is 1. The molecule has 0 bridgehead atoms. The predicted octanol–water partition coefficient (Wildman–Crippen LogP) is 1.63. The van der Waals surface area contributed by atoms with Crippen LogP contribution in [0.2, 0.25) is 0 Å². The van der Waals surface area contributed by atoms with Crippen LogP contribution in [0.1, 0.15) is 6.42 Å². The Bertz CT molecular complexity index is 478. The first-order valence-electron chi connectivity index (χ1n) is 4.93. The summed E-state index contributed by atoms with van der Waals surface area (Å²) in [7, 11) is 1.22. The maximum atomic E-state index is 13.5. The number of nitro benzene ring substituents is 1. The number of methoxy groups -OCH3 is 1. The highest BCUT2D eigenvalue weighted by Crippen LogP contribution is 2.32. The Labute approximate surface area is 101 Å². The minimum Gasteiger partial charge on any atom is -0.490 e. The fourth-order valence-corrected chi connectivity index (χ4v) is 1.29. The number of carboxylic acid groups (broad SMARTS) is 1. The number of halogens is 1. The van der Waals surface area contributed by atoms with Gasteiger partial charge in [0.2, 0.25) is 0 Å². The second-order valence-corrected chi connectivity index (χ2v) is 3.33. The number of ether oxygens (including phenoxy) is 1. The van der Waals surface area contributed by atoms with Gasteiger partial charge in [0.05, 0.1) is 30.2 Å². The van der Waals surface area contributed by atoms with Crippen LogP contribution in [-0.2, 0) is 4.79 Å². The van der Waals surface area contributed by atoms with Crippen molar-refractivity contribution in [2.75, 3.05) is 19.0 Å². The van der Waals surface area contributed by atoms with Gasteiger partial charge in [0, 0.05) is 12.6 Å². The zero-order valence-electron chi connectivity index (χ0n) is 9.47. The molecule has 1 aromatic rings. The van der Waals surface area contributed by atoms with Gasteiger partial charge in [0.15, 0.2) is 11.6 Å². The molecule has 0 aliphatic rings. The maximum Gasteiger partial charge on any atom is 0.313 e. The lowest BCUT2D eigenvalue weighted by Gasteiger charge is -2.08. The van der Waals surface area contributed by atoms with Crippen molar-refractivity contribution in [2.45, 2.75) is 6.42 Å². The second-order valence-electron chi connectivity index (χ2n) is 3.33. The lowest BCUT2D eigenvalue weighted by Crippen LogP contribution is -2.09. The standard InChI is InChI=1S/C10H11FN2O5/c1-18-9-5-7(12-3-2-10(14)15)6(11)4-8(9)13(16)17/h4-5,12H,2-3H2,1H3,(H,14,15). The lowest BCUT2D eigenvalue weighted by molar-refractivity contribution is -0.385. The third-order valence-corrected chi connectivity index (χ3v) is 2.12. The molecule has 8 heteroatoms. The van der Waals surface area contributed by atoms with Crippen LogP contribution in [0.25, 0.3) is 0 Å². The Morgan fingerprint density at radius 2 is 2.28 bits per heavy atom. The summed E-state index contributed by atoms with van der Waals surface area (Å²) >= 11 is 0. The van der Waals surface area contributed by atoms with E-state index in [1.165, 1.54) is 7.11 Å². The number of aliphatic carboxylic acids is 1. The molecule has 0 radical (unpaired) electrons. The molecule has 2 N–H and O–H groups in total. The number of hydrogen-bond acceptors (Lipinski definition) is 5. The quantitative estimate of drug-likeness (QED) is 0.594. The molecule has 0 aliphatic heterocycles. The minimum absolute atomic E-state index is 0.00716. The molecule has 0 fully saturated rings. The van der Waals surface area contributed by atoms with Gasteiger partial charge in [-0.15, -0.1) is 0 Å². The molecule has 1 rings (SSSR count). The average molecular weight is 258 g/mol. The lowest BCUT2D eigenvalue weighted by atomic mass is 10.2. The third kappa shape index (κ3) is 3.30. The van der Waals surface area contributed by atoms with Crippen LogP contribution in [0.5, 0.6) is 5.75 Å². The number of hydrogen-bond donors (Lipinski definition) is 2. The van der Waals surface area contributed by atoms with Crippen molar-refractivity contribution in [1.29, 1.82) is 0 Å². The Morgan fingerprint density at radius 1 is 1.61 bits per heavy atom. The van der Waals surface area contributed by atoms with Crippen molar-refractivity contribution < 1.29 is 24.0 Å². The second kappa shape index (κ2) is 5.80. The van der Waals surface area contributed by atoms with Gasteiger partial charge in [0.1, 0.15) is 0 Å². The van der Waals surface area contributed by atoms with Gasteiger partial charge < -0.3 is 15.2 Å². The minimum atomic E-state index is -1.03. The fourth-order valence-electron chi connectivity index (χ4n) is 1.29. The molecule has 0 unspecified atom stereocenters. The van der Waals surface area contributed by atoms with Crippen LogP contribution in [-0.4, -0.2) is 29.7 Å². The van der Waals surface area contributed by atoms with E-state index in [0.29, 0.717) is 0 Å². The zero-order valence-corrected chi connectivity index (χ0v) is 9.47. The van der Waals surface area contributed by atoms with Crippen LogP contribution in [0.3, 0.4) is 0 Å². The van der Waals surface area contributed by atoms with Crippen LogP contribution >= 0.6 is 0 Å². The molecule has 18 heavy (non-hydrogen) atoms. The van der Waals surface area contributed by atoms with E-state index in [2.05, 4.69) is 5.32 Å². The van der Waals surface area contributed by atoms with Crippen LogP contribution < -0.4 is 10.1 Å². The number of anilines is 1. The molecule has 0 aromatic heterocycles. The first-order valence-corrected chi connectivity index (χ1v) is 4.93. The number of nitro groups is 1. The molecule has 0 atom stereocenters. The molecule has 0 aliphatic carbocycles. The monoisotopic (exact) mass is 258 g/mol. The molecule has 7 nitrogen and oxygen atoms in total. The molecule has 0 heterocycles. The van der Waals surface area contributed by atoms with Gasteiger partial charge in [-0.25, -0.2) is 4.39 Å². The molecule has 0 saturated carbocycles. The summed E-state index contributed by atoms with van der Waals surface area (Å²) < 4.78 is 18.2. The van der Waals surface area contributed by atoms with Crippen molar-refractivity contribution in [1.82, 2.24) is 0 Å². The Balaban J connectivity index is 2.93. The summed E-state index contributed by atoms with van der Waals surface area (Å²) in [4.78, 5) is 20.1. The highest BCUT2D eigenvalue weighted by atomic mass is 19.1. The van der Waals surface area contributed by atoms with E-state index in [-0.39, 0.29) is 24.4 Å². The highest BCUT2D eigenvalue weighted by Gasteiger charge is 2.19. The van der Waals surface area contributed by atoms with E-state index in [0.717, 1.165) is 12.1 Å². The maximum absolute atomic E-state index is 13.5. The van der Waals surface area contributed by atoms with Gasteiger partial charge in [-0.2, -0.15) is 0 Å². The SMILES string of the molecule is COc1cc(NCCC(=O)O)c(F)cc1[N+](=O)[O-]. The molecular weight excluding hydrogens is 247 g/mol. The van der Waals surface area contributed by atoms with Crippen molar-refractivity contribution in [3.63, 3.8) is 0 Å². The van der Waals surface area contributed by atoms with E-state index in [1.54, 1.807) is 0 Å². The van der Waals surface area contributed by atoms with Crippen molar-refractivity contribution in [3.8, 4) is 5.75 Å². The first-order chi connectivity index (χ1) is 8.45. The fraction of sp³-hybridized carbons (Fsp3) is 0.300. The molecule has 0 amide bonds. The Kier molecular flexibility index (Phi) is 4.41. The van der Waals surface area contributed by atoms with Crippen molar-refractivity contribution in [3.05, 3.63) is 28.1 Å². The number of carboxylic acids is 1. The molecule has 1 aromatic carbocycles. The van der Waals surface area contributed by atoms with Crippen LogP contribution in [0.15, 0.2) is 12.1 Å². The van der Waals surface area contributed by atoms with Gasteiger partial charge >= 0.3 is 11.7 Å². The zero-order chi connectivity index (χ0) is 13.7. The molecule has 0 spiro atoms. The molecular formula is C10H11FN2O5. The summed E-state index contributed by atoms with van der Waals surface area (Å²) in [5.41, 5.74) is -0.530. The molecule has 0 saturated heterocycles. The van der Waals surface area contributed by atoms with Gasteiger partial charge in [-0.1, -0.05) is 0 Å².